The highest BCUT2D eigenvalue weighted by molar-refractivity contribution is 5.96. The first-order valence-corrected chi connectivity index (χ1v) is 10.5. The Morgan fingerprint density at radius 3 is 2.45 bits per heavy atom. The molecule has 154 valence electrons. The molecule has 0 unspecified atom stereocenters. The molecule has 2 amide bonds. The minimum Gasteiger partial charge on any atom is -0.352 e. The second-order valence-corrected chi connectivity index (χ2v) is 7.85. The number of carbonyl (C=O) groups excluding carboxylic acids is 2. The van der Waals surface area contributed by atoms with Gasteiger partial charge in [0, 0.05) is 30.8 Å². The summed E-state index contributed by atoms with van der Waals surface area (Å²) in [6.07, 6.45) is 2.65. The van der Waals surface area contributed by atoms with Gasteiger partial charge in [-0.3, -0.25) is 14.5 Å². The molecule has 2 aromatic rings. The number of piperidine rings is 1. The second-order valence-electron chi connectivity index (χ2n) is 7.85. The number of hydrogen-bond acceptors (Lipinski definition) is 3. The van der Waals surface area contributed by atoms with Crippen LogP contribution in [0, 0.1) is 12.8 Å². The van der Waals surface area contributed by atoms with Crippen molar-refractivity contribution in [2.45, 2.75) is 39.7 Å². The third kappa shape index (κ3) is 6.16. The summed E-state index contributed by atoms with van der Waals surface area (Å²) >= 11 is 0. The fourth-order valence-corrected chi connectivity index (χ4v) is 3.86. The van der Waals surface area contributed by atoms with E-state index in [0.29, 0.717) is 24.4 Å². The molecule has 1 fully saturated rings. The van der Waals surface area contributed by atoms with Crippen molar-refractivity contribution in [3.63, 3.8) is 0 Å². The Morgan fingerprint density at radius 2 is 1.79 bits per heavy atom. The monoisotopic (exact) mass is 393 g/mol. The Kier molecular flexibility index (Phi) is 7.42. The normalized spacial score (nSPS) is 15.1. The van der Waals surface area contributed by atoms with Crippen LogP contribution >= 0.6 is 0 Å². The van der Waals surface area contributed by atoms with Gasteiger partial charge < -0.3 is 10.6 Å². The summed E-state index contributed by atoms with van der Waals surface area (Å²) in [7, 11) is 0. The van der Waals surface area contributed by atoms with Crippen molar-refractivity contribution in [2.24, 2.45) is 5.92 Å². The fraction of sp³-hybridized carbons (Fsp3) is 0.417. The molecule has 0 radical (unpaired) electrons. The van der Waals surface area contributed by atoms with Crippen molar-refractivity contribution in [3.8, 4) is 0 Å². The molecule has 2 N–H and O–H groups in total. The van der Waals surface area contributed by atoms with Crippen molar-refractivity contribution >= 4 is 17.5 Å². The minimum atomic E-state index is -0.0873. The lowest BCUT2D eigenvalue weighted by Gasteiger charge is -2.31. The van der Waals surface area contributed by atoms with Crippen molar-refractivity contribution in [1.82, 2.24) is 10.2 Å². The molecule has 1 saturated heterocycles. The van der Waals surface area contributed by atoms with Crippen LogP contribution < -0.4 is 10.6 Å². The molecule has 0 bridgehead atoms. The van der Waals surface area contributed by atoms with Gasteiger partial charge in [-0.2, -0.15) is 0 Å². The number of aryl methyl sites for hydroxylation is 1. The summed E-state index contributed by atoms with van der Waals surface area (Å²) in [5.41, 5.74) is 3.65. The van der Waals surface area contributed by atoms with Gasteiger partial charge >= 0.3 is 0 Å². The van der Waals surface area contributed by atoms with E-state index < -0.39 is 0 Å². The van der Waals surface area contributed by atoms with Gasteiger partial charge in [-0.1, -0.05) is 30.3 Å². The van der Waals surface area contributed by atoms with Crippen LogP contribution in [0.5, 0.6) is 0 Å². The highest BCUT2D eigenvalue weighted by atomic mass is 16.2. The lowest BCUT2D eigenvalue weighted by atomic mass is 9.93. The Balaban J connectivity index is 1.46. The molecule has 2 aromatic carbocycles. The van der Waals surface area contributed by atoms with Gasteiger partial charge in [0.15, 0.2) is 0 Å². The summed E-state index contributed by atoms with van der Waals surface area (Å²) in [4.78, 5) is 26.9. The van der Waals surface area contributed by atoms with E-state index in [0.717, 1.165) is 43.7 Å². The summed E-state index contributed by atoms with van der Waals surface area (Å²) < 4.78 is 0. The number of hydrogen-bond donors (Lipinski definition) is 2. The largest absolute Gasteiger partial charge is 0.352 e. The lowest BCUT2D eigenvalue weighted by Crippen LogP contribution is -2.34. The van der Waals surface area contributed by atoms with E-state index >= 15 is 0 Å². The van der Waals surface area contributed by atoms with E-state index in [1.807, 2.05) is 32.0 Å². The smallest absolute Gasteiger partial charge is 0.251 e. The van der Waals surface area contributed by atoms with Crippen LogP contribution in [0.1, 0.15) is 47.7 Å². The first-order valence-electron chi connectivity index (χ1n) is 10.5. The van der Waals surface area contributed by atoms with Crippen LogP contribution in [-0.2, 0) is 11.3 Å². The van der Waals surface area contributed by atoms with Crippen LogP contribution in [0.25, 0.3) is 0 Å². The van der Waals surface area contributed by atoms with Gasteiger partial charge in [-0.05, 0) is 75.0 Å². The molecule has 1 aliphatic rings. The third-order valence-corrected chi connectivity index (χ3v) is 5.53. The Labute approximate surface area is 173 Å². The zero-order chi connectivity index (χ0) is 20.6. The van der Waals surface area contributed by atoms with Gasteiger partial charge in [0.1, 0.15) is 0 Å². The van der Waals surface area contributed by atoms with E-state index in [-0.39, 0.29) is 11.8 Å². The molecule has 29 heavy (non-hydrogen) atoms. The van der Waals surface area contributed by atoms with E-state index in [1.54, 1.807) is 6.07 Å². The zero-order valence-corrected chi connectivity index (χ0v) is 17.4. The van der Waals surface area contributed by atoms with Gasteiger partial charge in [0.2, 0.25) is 5.91 Å². The molecule has 0 aromatic heterocycles. The van der Waals surface area contributed by atoms with Gasteiger partial charge in [0.25, 0.3) is 5.91 Å². The fourth-order valence-electron chi connectivity index (χ4n) is 3.86. The number of rotatable bonds is 7. The van der Waals surface area contributed by atoms with Gasteiger partial charge in [-0.25, -0.2) is 0 Å². The number of likely N-dealkylation sites (tertiary alicyclic amines) is 1. The SMILES string of the molecule is CCNC(=O)c1ccc(NC(=O)CC2CCN(Cc3ccccc3)CC2)c(C)c1. The molecule has 3 rings (SSSR count). The first kappa shape index (κ1) is 21.1. The maximum atomic E-state index is 12.5. The van der Waals surface area contributed by atoms with Crippen molar-refractivity contribution in [2.75, 3.05) is 25.0 Å². The molecular formula is C24H31N3O2. The van der Waals surface area contributed by atoms with Crippen LogP contribution in [0.3, 0.4) is 0 Å². The predicted octanol–water partition coefficient (Wildman–Crippen LogP) is 3.99. The highest BCUT2D eigenvalue weighted by Crippen LogP contribution is 2.23. The lowest BCUT2D eigenvalue weighted by molar-refractivity contribution is -0.117. The molecule has 5 heteroatoms. The molecule has 0 spiro atoms. The van der Waals surface area contributed by atoms with Crippen molar-refractivity contribution in [3.05, 3.63) is 65.2 Å². The molecule has 1 aliphatic heterocycles. The summed E-state index contributed by atoms with van der Waals surface area (Å²) in [5.74, 6) is 0.396. The number of carbonyl (C=O) groups is 2. The standard InChI is InChI=1S/C24H31N3O2/c1-3-25-24(29)21-9-10-22(18(2)15-21)26-23(28)16-19-11-13-27(14-12-19)17-20-7-5-4-6-8-20/h4-10,15,19H,3,11-14,16-17H2,1-2H3,(H,25,29)(H,26,28). The Morgan fingerprint density at radius 1 is 1.07 bits per heavy atom. The highest BCUT2D eigenvalue weighted by Gasteiger charge is 2.22. The molecule has 5 nitrogen and oxygen atoms in total. The van der Waals surface area contributed by atoms with Crippen LogP contribution in [0.4, 0.5) is 5.69 Å². The number of nitrogens with one attached hydrogen (secondary N) is 2. The minimum absolute atomic E-state index is 0.0559. The number of anilines is 1. The summed E-state index contributed by atoms with van der Waals surface area (Å²) in [6, 6.07) is 15.9. The van der Waals surface area contributed by atoms with Crippen molar-refractivity contribution < 1.29 is 9.59 Å². The molecule has 0 saturated carbocycles. The average Bonchev–Trinajstić information content (AvgIpc) is 2.72. The maximum absolute atomic E-state index is 12.5. The Bertz CT molecular complexity index is 827. The van der Waals surface area contributed by atoms with Crippen LogP contribution in [0.15, 0.2) is 48.5 Å². The molecule has 0 aliphatic carbocycles. The van der Waals surface area contributed by atoms with Crippen LogP contribution in [-0.4, -0.2) is 36.3 Å². The molecular weight excluding hydrogens is 362 g/mol. The average molecular weight is 394 g/mol. The summed E-state index contributed by atoms with van der Waals surface area (Å²) in [5, 5.41) is 5.81. The quantitative estimate of drug-likeness (QED) is 0.748. The van der Waals surface area contributed by atoms with E-state index in [1.165, 1.54) is 5.56 Å². The maximum Gasteiger partial charge on any atom is 0.251 e. The number of nitrogens with zero attached hydrogens (tertiary/aromatic N) is 1. The van der Waals surface area contributed by atoms with Crippen LogP contribution in [0.2, 0.25) is 0 Å². The van der Waals surface area contributed by atoms with Crippen molar-refractivity contribution in [1.29, 1.82) is 0 Å². The predicted molar refractivity (Wildman–Crippen MR) is 117 cm³/mol. The number of benzene rings is 2. The van der Waals surface area contributed by atoms with E-state index in [4.69, 9.17) is 0 Å². The Hall–Kier alpha value is -2.66. The van der Waals surface area contributed by atoms with Gasteiger partial charge in [-0.15, -0.1) is 0 Å². The van der Waals surface area contributed by atoms with E-state index in [2.05, 4.69) is 39.8 Å². The second kappa shape index (κ2) is 10.2. The van der Waals surface area contributed by atoms with E-state index in [9.17, 15) is 9.59 Å². The molecule has 0 atom stereocenters. The first-order chi connectivity index (χ1) is 14.0. The topological polar surface area (TPSA) is 61.4 Å². The summed E-state index contributed by atoms with van der Waals surface area (Å²) in [6.45, 7) is 7.46. The zero-order valence-electron chi connectivity index (χ0n) is 17.4. The van der Waals surface area contributed by atoms with Gasteiger partial charge in [0.05, 0.1) is 0 Å². The third-order valence-electron chi connectivity index (χ3n) is 5.53. The number of amides is 2. The molecule has 1 heterocycles.